The van der Waals surface area contributed by atoms with Crippen molar-refractivity contribution in [3.05, 3.63) is 42.2 Å². The number of piperazine rings is 1. The average Bonchev–Trinajstić information content (AvgIpc) is 3.25. The highest BCUT2D eigenvalue weighted by Gasteiger charge is 2.24. The van der Waals surface area contributed by atoms with Crippen molar-refractivity contribution in [3.8, 4) is 11.1 Å². The number of aliphatic hydroxyl groups is 1. The van der Waals surface area contributed by atoms with Crippen molar-refractivity contribution in [2.24, 2.45) is 0 Å². The van der Waals surface area contributed by atoms with E-state index in [1.807, 2.05) is 6.20 Å². The summed E-state index contributed by atoms with van der Waals surface area (Å²) in [6.45, 7) is 10.9. The van der Waals surface area contributed by atoms with Gasteiger partial charge in [-0.05, 0) is 57.1 Å². The molecular formula is C29H42N6O. The number of hydrogen-bond acceptors (Lipinski definition) is 6. The van der Waals surface area contributed by atoms with E-state index in [9.17, 15) is 5.11 Å². The molecular weight excluding hydrogens is 448 g/mol. The zero-order valence-corrected chi connectivity index (χ0v) is 22.1. The van der Waals surface area contributed by atoms with E-state index in [-0.39, 0.29) is 6.10 Å². The monoisotopic (exact) mass is 490 g/mol. The predicted octanol–water partition coefficient (Wildman–Crippen LogP) is 4.97. The molecule has 1 aromatic carbocycles. The molecule has 1 saturated carbocycles. The molecule has 2 aromatic heterocycles. The first-order valence-electron chi connectivity index (χ1n) is 13.9. The molecule has 2 fully saturated rings. The number of benzene rings is 1. The summed E-state index contributed by atoms with van der Waals surface area (Å²) in [5.41, 5.74) is 4.73. The minimum atomic E-state index is -0.171. The van der Waals surface area contributed by atoms with Crippen molar-refractivity contribution >= 4 is 17.0 Å². The quantitative estimate of drug-likeness (QED) is 0.414. The van der Waals surface area contributed by atoms with Crippen LogP contribution in [0.1, 0.15) is 70.9 Å². The first-order chi connectivity index (χ1) is 17.5. The molecule has 2 atom stereocenters. The summed E-state index contributed by atoms with van der Waals surface area (Å²) in [5.74, 6) is 0.700. The van der Waals surface area contributed by atoms with E-state index in [4.69, 9.17) is 9.97 Å². The third kappa shape index (κ3) is 5.58. The SMILES string of the molecule is CCCC(C)Nc1ncc2c(-c3ccc(CN4CCNC[C@H]4C)cc3)cn(C3CCC(O)CC3)c2n1. The van der Waals surface area contributed by atoms with Gasteiger partial charge in [0.2, 0.25) is 5.95 Å². The second-order valence-electron chi connectivity index (χ2n) is 10.9. The zero-order chi connectivity index (χ0) is 25.1. The highest BCUT2D eigenvalue weighted by molar-refractivity contribution is 5.94. The van der Waals surface area contributed by atoms with Gasteiger partial charge in [0, 0.05) is 67.6 Å². The van der Waals surface area contributed by atoms with Crippen molar-refractivity contribution in [2.45, 2.75) is 90.1 Å². The molecule has 1 saturated heterocycles. The molecule has 7 nitrogen and oxygen atoms in total. The van der Waals surface area contributed by atoms with E-state index in [0.29, 0.717) is 24.1 Å². The maximum absolute atomic E-state index is 10.1. The third-order valence-corrected chi connectivity index (χ3v) is 8.02. The zero-order valence-electron chi connectivity index (χ0n) is 22.1. The molecule has 7 heteroatoms. The third-order valence-electron chi connectivity index (χ3n) is 8.02. The van der Waals surface area contributed by atoms with E-state index >= 15 is 0 Å². The summed E-state index contributed by atoms with van der Waals surface area (Å²) in [7, 11) is 0. The lowest BCUT2D eigenvalue weighted by atomic mass is 9.93. The van der Waals surface area contributed by atoms with E-state index < -0.39 is 0 Å². The Morgan fingerprint density at radius 2 is 1.94 bits per heavy atom. The van der Waals surface area contributed by atoms with Crippen LogP contribution in [0.5, 0.6) is 0 Å². The van der Waals surface area contributed by atoms with Crippen LogP contribution in [-0.4, -0.2) is 62.4 Å². The highest BCUT2D eigenvalue weighted by atomic mass is 16.3. The highest BCUT2D eigenvalue weighted by Crippen LogP contribution is 2.37. The second kappa shape index (κ2) is 11.3. The van der Waals surface area contributed by atoms with Crippen molar-refractivity contribution in [2.75, 3.05) is 25.0 Å². The number of anilines is 1. The van der Waals surface area contributed by atoms with Crippen molar-refractivity contribution in [1.82, 2.24) is 24.8 Å². The molecule has 2 aliphatic rings. The summed E-state index contributed by atoms with van der Waals surface area (Å²) in [5, 5.41) is 18.1. The van der Waals surface area contributed by atoms with E-state index in [1.165, 1.54) is 16.7 Å². The minimum Gasteiger partial charge on any atom is -0.393 e. The fourth-order valence-corrected chi connectivity index (χ4v) is 5.81. The Morgan fingerprint density at radius 1 is 1.17 bits per heavy atom. The van der Waals surface area contributed by atoms with Gasteiger partial charge in [0.25, 0.3) is 0 Å². The van der Waals surface area contributed by atoms with Crippen LogP contribution in [0.25, 0.3) is 22.2 Å². The van der Waals surface area contributed by atoms with Gasteiger partial charge in [-0.1, -0.05) is 37.6 Å². The Bertz CT molecular complexity index is 1130. The number of nitrogens with zero attached hydrogens (tertiary/aromatic N) is 4. The molecule has 0 radical (unpaired) electrons. The Kier molecular flexibility index (Phi) is 7.89. The Morgan fingerprint density at radius 3 is 2.67 bits per heavy atom. The topological polar surface area (TPSA) is 78.2 Å². The smallest absolute Gasteiger partial charge is 0.224 e. The van der Waals surface area contributed by atoms with Gasteiger partial charge in [0.1, 0.15) is 5.65 Å². The molecule has 0 spiro atoms. The van der Waals surface area contributed by atoms with Crippen LogP contribution < -0.4 is 10.6 Å². The fraction of sp³-hybridized carbons (Fsp3) is 0.586. The van der Waals surface area contributed by atoms with Crippen LogP contribution in [0.15, 0.2) is 36.7 Å². The van der Waals surface area contributed by atoms with Crippen molar-refractivity contribution in [3.63, 3.8) is 0 Å². The Balaban J connectivity index is 1.44. The van der Waals surface area contributed by atoms with Crippen LogP contribution in [-0.2, 0) is 6.54 Å². The number of hydrogen-bond donors (Lipinski definition) is 3. The lowest BCUT2D eigenvalue weighted by Crippen LogP contribution is -2.49. The van der Waals surface area contributed by atoms with E-state index in [2.05, 4.69) is 71.3 Å². The number of rotatable bonds is 8. The maximum atomic E-state index is 10.1. The minimum absolute atomic E-state index is 0.171. The molecule has 194 valence electrons. The normalized spacial score (nSPS) is 24.2. The maximum Gasteiger partial charge on any atom is 0.224 e. The molecule has 3 aromatic rings. The number of aromatic nitrogens is 3. The van der Waals surface area contributed by atoms with E-state index in [0.717, 1.165) is 75.7 Å². The number of aliphatic hydroxyl groups excluding tert-OH is 1. The summed E-state index contributed by atoms with van der Waals surface area (Å²) < 4.78 is 2.35. The van der Waals surface area contributed by atoms with Crippen molar-refractivity contribution in [1.29, 1.82) is 0 Å². The summed E-state index contributed by atoms with van der Waals surface area (Å²) in [6, 6.07) is 10.3. The van der Waals surface area contributed by atoms with Gasteiger partial charge in [0.15, 0.2) is 0 Å². The van der Waals surface area contributed by atoms with Gasteiger partial charge >= 0.3 is 0 Å². The van der Waals surface area contributed by atoms with Gasteiger partial charge in [-0.3, -0.25) is 4.90 Å². The molecule has 1 aliphatic heterocycles. The Labute approximate surface area is 215 Å². The summed E-state index contributed by atoms with van der Waals surface area (Å²) in [6.07, 6.45) is 9.96. The van der Waals surface area contributed by atoms with Crippen LogP contribution in [0.2, 0.25) is 0 Å². The van der Waals surface area contributed by atoms with Crippen LogP contribution in [0, 0.1) is 0 Å². The van der Waals surface area contributed by atoms with Gasteiger partial charge in [-0.25, -0.2) is 4.98 Å². The van der Waals surface area contributed by atoms with Crippen LogP contribution in [0.3, 0.4) is 0 Å². The molecule has 5 rings (SSSR count). The summed E-state index contributed by atoms with van der Waals surface area (Å²) in [4.78, 5) is 12.3. The van der Waals surface area contributed by atoms with Gasteiger partial charge in [0.05, 0.1) is 6.10 Å². The second-order valence-corrected chi connectivity index (χ2v) is 10.9. The van der Waals surface area contributed by atoms with Gasteiger partial charge < -0.3 is 20.3 Å². The molecule has 0 bridgehead atoms. The van der Waals surface area contributed by atoms with Gasteiger partial charge in [-0.15, -0.1) is 0 Å². The van der Waals surface area contributed by atoms with Gasteiger partial charge in [-0.2, -0.15) is 4.98 Å². The lowest BCUT2D eigenvalue weighted by molar-refractivity contribution is 0.111. The van der Waals surface area contributed by atoms with Crippen LogP contribution >= 0.6 is 0 Å². The first kappa shape index (κ1) is 25.2. The molecule has 0 amide bonds. The predicted molar refractivity (Wildman–Crippen MR) is 147 cm³/mol. The Hall–Kier alpha value is -2.48. The van der Waals surface area contributed by atoms with Crippen LogP contribution in [0.4, 0.5) is 5.95 Å². The summed E-state index contributed by atoms with van der Waals surface area (Å²) >= 11 is 0. The molecule has 1 unspecified atom stereocenters. The number of nitrogens with one attached hydrogen (secondary N) is 2. The lowest BCUT2D eigenvalue weighted by Gasteiger charge is -2.33. The standard InChI is InChI=1S/C29H42N6O/c1-4-5-20(2)32-29-31-17-26-27(19-35(28(26)33-29)24-10-12-25(36)13-11-24)23-8-6-22(7-9-23)18-34-15-14-30-16-21(34)3/h6-9,17,19-21,24-25,30,36H,4-5,10-16,18H2,1-3H3,(H,31,32,33)/t20?,21-,24?,25?/m1/s1. The fourth-order valence-electron chi connectivity index (χ4n) is 5.81. The molecule has 36 heavy (non-hydrogen) atoms. The van der Waals surface area contributed by atoms with Crippen molar-refractivity contribution < 1.29 is 5.11 Å². The average molecular weight is 491 g/mol. The first-order valence-corrected chi connectivity index (χ1v) is 13.9. The largest absolute Gasteiger partial charge is 0.393 e. The molecule has 1 aliphatic carbocycles. The molecule has 3 heterocycles. The molecule has 3 N–H and O–H groups in total. The van der Waals surface area contributed by atoms with E-state index in [1.54, 1.807) is 0 Å². The number of fused-ring (bicyclic) bond motifs is 1.